The SMILES string of the molecule is Cc1ncc(CNC(C)c2ncn[nH]2)s1. The summed E-state index contributed by atoms with van der Waals surface area (Å²) in [7, 11) is 0. The van der Waals surface area contributed by atoms with E-state index in [-0.39, 0.29) is 6.04 Å². The number of nitrogens with zero attached hydrogens (tertiary/aromatic N) is 3. The van der Waals surface area contributed by atoms with Crippen LogP contribution in [0.3, 0.4) is 0 Å². The van der Waals surface area contributed by atoms with Crippen molar-refractivity contribution in [3.05, 3.63) is 28.2 Å². The highest BCUT2D eigenvalue weighted by molar-refractivity contribution is 7.11. The van der Waals surface area contributed by atoms with Crippen LogP contribution in [0.4, 0.5) is 0 Å². The fourth-order valence-corrected chi connectivity index (χ4v) is 2.01. The molecule has 0 aliphatic rings. The molecule has 2 heterocycles. The predicted octanol–water partition coefficient (Wildman–Crippen LogP) is 1.42. The van der Waals surface area contributed by atoms with Gasteiger partial charge in [-0.2, -0.15) is 5.10 Å². The molecule has 2 rings (SSSR count). The first-order chi connectivity index (χ1) is 7.25. The monoisotopic (exact) mass is 223 g/mol. The molecule has 2 aromatic rings. The molecule has 0 bridgehead atoms. The maximum absolute atomic E-state index is 4.20. The molecule has 0 aliphatic heterocycles. The third kappa shape index (κ3) is 2.60. The van der Waals surface area contributed by atoms with E-state index in [4.69, 9.17) is 0 Å². The quantitative estimate of drug-likeness (QED) is 0.822. The molecule has 0 amide bonds. The molecule has 0 radical (unpaired) electrons. The van der Waals surface area contributed by atoms with Gasteiger partial charge >= 0.3 is 0 Å². The van der Waals surface area contributed by atoms with Gasteiger partial charge in [0.15, 0.2) is 0 Å². The van der Waals surface area contributed by atoms with Crippen molar-refractivity contribution in [2.45, 2.75) is 26.4 Å². The lowest BCUT2D eigenvalue weighted by Crippen LogP contribution is -2.18. The van der Waals surface area contributed by atoms with E-state index in [9.17, 15) is 0 Å². The van der Waals surface area contributed by atoms with Gasteiger partial charge in [-0.15, -0.1) is 11.3 Å². The molecule has 6 heteroatoms. The molecule has 1 atom stereocenters. The minimum absolute atomic E-state index is 0.176. The second kappa shape index (κ2) is 4.50. The first-order valence-corrected chi connectivity index (χ1v) is 5.57. The largest absolute Gasteiger partial charge is 0.303 e. The zero-order valence-electron chi connectivity index (χ0n) is 8.69. The van der Waals surface area contributed by atoms with Crippen LogP contribution < -0.4 is 5.32 Å². The predicted molar refractivity (Wildman–Crippen MR) is 58.5 cm³/mol. The minimum Gasteiger partial charge on any atom is -0.303 e. The van der Waals surface area contributed by atoms with Crippen LogP contribution in [0.15, 0.2) is 12.5 Å². The second-order valence-corrected chi connectivity index (χ2v) is 4.64. The number of aryl methyl sites for hydroxylation is 1. The van der Waals surface area contributed by atoms with Crippen LogP contribution in [-0.2, 0) is 6.54 Å². The Morgan fingerprint density at radius 2 is 2.40 bits per heavy atom. The fourth-order valence-electron chi connectivity index (χ4n) is 1.26. The lowest BCUT2D eigenvalue weighted by molar-refractivity contribution is 0.551. The van der Waals surface area contributed by atoms with Gasteiger partial charge in [0, 0.05) is 17.6 Å². The van der Waals surface area contributed by atoms with Gasteiger partial charge in [0.2, 0.25) is 0 Å². The molecule has 1 unspecified atom stereocenters. The minimum atomic E-state index is 0.176. The molecule has 2 N–H and O–H groups in total. The topological polar surface area (TPSA) is 66.5 Å². The molecule has 0 fully saturated rings. The Morgan fingerprint density at radius 1 is 1.53 bits per heavy atom. The smallest absolute Gasteiger partial charge is 0.141 e. The summed E-state index contributed by atoms with van der Waals surface area (Å²) in [5.74, 6) is 0.858. The normalized spacial score (nSPS) is 12.9. The Bertz CT molecular complexity index is 408. The number of aromatic nitrogens is 4. The Morgan fingerprint density at radius 3 is 3.00 bits per heavy atom. The van der Waals surface area contributed by atoms with Crippen molar-refractivity contribution in [3.8, 4) is 0 Å². The maximum Gasteiger partial charge on any atom is 0.141 e. The van der Waals surface area contributed by atoms with Crippen molar-refractivity contribution < 1.29 is 0 Å². The van der Waals surface area contributed by atoms with Gasteiger partial charge in [0.25, 0.3) is 0 Å². The van der Waals surface area contributed by atoms with Crippen LogP contribution >= 0.6 is 11.3 Å². The molecular formula is C9H13N5S. The average Bonchev–Trinajstić information content (AvgIpc) is 2.84. The zero-order valence-corrected chi connectivity index (χ0v) is 9.51. The van der Waals surface area contributed by atoms with E-state index in [2.05, 4.69) is 32.4 Å². The molecule has 0 aromatic carbocycles. The summed E-state index contributed by atoms with van der Waals surface area (Å²) in [5, 5.41) is 11.1. The van der Waals surface area contributed by atoms with Gasteiger partial charge < -0.3 is 5.32 Å². The third-order valence-electron chi connectivity index (χ3n) is 2.10. The van der Waals surface area contributed by atoms with E-state index in [1.54, 1.807) is 11.3 Å². The maximum atomic E-state index is 4.20. The summed E-state index contributed by atoms with van der Waals surface area (Å²) in [6.07, 6.45) is 3.42. The Kier molecular flexibility index (Phi) is 3.08. The number of hydrogen-bond donors (Lipinski definition) is 2. The standard InChI is InChI=1S/C9H13N5S/c1-6(9-12-5-13-14-9)10-3-8-4-11-7(2)15-8/h4-6,10H,3H2,1-2H3,(H,12,13,14). The second-order valence-electron chi connectivity index (χ2n) is 3.32. The van der Waals surface area contributed by atoms with Gasteiger partial charge in [-0.1, -0.05) is 0 Å². The average molecular weight is 223 g/mol. The Hall–Kier alpha value is -1.27. The number of rotatable bonds is 4. The molecule has 0 saturated heterocycles. The highest BCUT2D eigenvalue weighted by Crippen LogP contribution is 2.13. The molecule has 80 valence electrons. The summed E-state index contributed by atoms with van der Waals surface area (Å²) in [4.78, 5) is 9.53. The summed E-state index contributed by atoms with van der Waals surface area (Å²) in [6.45, 7) is 4.87. The first-order valence-electron chi connectivity index (χ1n) is 4.75. The molecule has 0 saturated carbocycles. The summed E-state index contributed by atoms with van der Waals surface area (Å²) < 4.78 is 0. The van der Waals surface area contributed by atoms with Crippen LogP contribution in [0.25, 0.3) is 0 Å². The van der Waals surface area contributed by atoms with E-state index in [0.717, 1.165) is 17.4 Å². The summed E-state index contributed by atoms with van der Waals surface area (Å²) in [6, 6.07) is 0.176. The van der Waals surface area contributed by atoms with Gasteiger partial charge in [-0.25, -0.2) is 9.97 Å². The van der Waals surface area contributed by atoms with Crippen LogP contribution in [0, 0.1) is 6.92 Å². The highest BCUT2D eigenvalue weighted by Gasteiger charge is 2.07. The molecule has 2 aromatic heterocycles. The summed E-state index contributed by atoms with van der Waals surface area (Å²) in [5.41, 5.74) is 0. The molecule has 0 spiro atoms. The van der Waals surface area contributed by atoms with Crippen LogP contribution in [0.2, 0.25) is 0 Å². The van der Waals surface area contributed by atoms with Crippen LogP contribution in [-0.4, -0.2) is 20.2 Å². The van der Waals surface area contributed by atoms with Crippen molar-refractivity contribution in [2.75, 3.05) is 0 Å². The van der Waals surface area contributed by atoms with Gasteiger partial charge in [0.05, 0.1) is 11.0 Å². The van der Waals surface area contributed by atoms with Crippen molar-refractivity contribution in [1.82, 2.24) is 25.5 Å². The number of nitrogens with one attached hydrogen (secondary N) is 2. The van der Waals surface area contributed by atoms with E-state index < -0.39 is 0 Å². The zero-order chi connectivity index (χ0) is 10.7. The van der Waals surface area contributed by atoms with E-state index >= 15 is 0 Å². The number of thiazole rings is 1. The van der Waals surface area contributed by atoms with Crippen LogP contribution in [0.5, 0.6) is 0 Å². The number of hydrogen-bond acceptors (Lipinski definition) is 5. The molecular weight excluding hydrogens is 210 g/mol. The van der Waals surface area contributed by atoms with Crippen LogP contribution in [0.1, 0.15) is 28.7 Å². The van der Waals surface area contributed by atoms with Crippen molar-refractivity contribution >= 4 is 11.3 Å². The van der Waals surface area contributed by atoms with E-state index in [0.29, 0.717) is 0 Å². The van der Waals surface area contributed by atoms with Gasteiger partial charge in [-0.05, 0) is 13.8 Å². The fraction of sp³-hybridized carbons (Fsp3) is 0.444. The van der Waals surface area contributed by atoms with E-state index in [1.165, 1.54) is 11.2 Å². The van der Waals surface area contributed by atoms with Gasteiger partial charge in [-0.3, -0.25) is 5.10 Å². The lowest BCUT2D eigenvalue weighted by Gasteiger charge is -2.08. The van der Waals surface area contributed by atoms with Gasteiger partial charge in [0.1, 0.15) is 12.2 Å². The van der Waals surface area contributed by atoms with Crippen molar-refractivity contribution in [3.63, 3.8) is 0 Å². The molecule has 15 heavy (non-hydrogen) atoms. The lowest BCUT2D eigenvalue weighted by atomic mass is 10.3. The van der Waals surface area contributed by atoms with E-state index in [1.807, 2.05) is 13.1 Å². The summed E-state index contributed by atoms with van der Waals surface area (Å²) >= 11 is 1.71. The first kappa shape index (κ1) is 10.3. The number of aromatic amines is 1. The number of H-pyrrole nitrogens is 1. The molecule has 5 nitrogen and oxygen atoms in total. The molecule has 0 aliphatic carbocycles. The Labute approximate surface area is 92.0 Å². The Balaban J connectivity index is 1.88. The highest BCUT2D eigenvalue weighted by atomic mass is 32.1. The van der Waals surface area contributed by atoms with Crippen molar-refractivity contribution in [1.29, 1.82) is 0 Å². The van der Waals surface area contributed by atoms with Crippen molar-refractivity contribution in [2.24, 2.45) is 0 Å². The third-order valence-corrected chi connectivity index (χ3v) is 3.01.